The van der Waals surface area contributed by atoms with E-state index >= 15 is 0 Å². The highest BCUT2D eigenvalue weighted by atomic mass is 19.4. The fraction of sp³-hybridized carbons (Fsp3) is 0.286. The largest absolute Gasteiger partial charge is 0.435 e. The summed E-state index contributed by atoms with van der Waals surface area (Å²) in [6.07, 6.45) is -1.51. The van der Waals surface area contributed by atoms with Crippen LogP contribution in [0.4, 0.5) is 18.9 Å². The zero-order valence-electron chi connectivity index (χ0n) is 12.8. The second-order valence-corrected chi connectivity index (χ2v) is 5.28. The average Bonchev–Trinajstić information content (AvgIpc) is 3.09. The molecule has 0 spiro atoms. The van der Waals surface area contributed by atoms with Gasteiger partial charge < -0.3 is 5.32 Å². The minimum absolute atomic E-state index is 0.245. The van der Waals surface area contributed by atoms with E-state index in [-0.39, 0.29) is 12.2 Å². The van der Waals surface area contributed by atoms with Crippen LogP contribution in [0, 0.1) is 13.8 Å². The van der Waals surface area contributed by atoms with Gasteiger partial charge >= 0.3 is 6.18 Å². The Morgan fingerprint density at radius 1 is 1.33 bits per heavy atom. The molecule has 24 heavy (non-hydrogen) atoms. The molecular formula is C14H13F3N6O. The zero-order valence-corrected chi connectivity index (χ0v) is 12.8. The van der Waals surface area contributed by atoms with Crippen molar-refractivity contribution in [1.82, 2.24) is 24.4 Å². The Balaban J connectivity index is 1.82. The summed E-state index contributed by atoms with van der Waals surface area (Å²) < 4.78 is 40.5. The molecule has 0 radical (unpaired) electrons. The SMILES string of the molecule is Cc1ccn2ncnc2c1NC(=O)Cn1nc(C(F)(F)F)cc1C. The molecule has 0 aromatic carbocycles. The molecule has 0 fully saturated rings. The lowest BCUT2D eigenvalue weighted by Gasteiger charge is -2.10. The number of rotatable bonds is 3. The maximum atomic E-state index is 12.7. The summed E-state index contributed by atoms with van der Waals surface area (Å²) in [7, 11) is 0. The first-order valence-corrected chi connectivity index (χ1v) is 6.96. The molecule has 3 aromatic heterocycles. The second-order valence-electron chi connectivity index (χ2n) is 5.28. The Labute approximate surface area is 134 Å². The monoisotopic (exact) mass is 338 g/mol. The van der Waals surface area contributed by atoms with Crippen molar-refractivity contribution in [3.8, 4) is 0 Å². The summed E-state index contributed by atoms with van der Waals surface area (Å²) in [6, 6.07) is 2.65. The van der Waals surface area contributed by atoms with E-state index < -0.39 is 17.8 Å². The van der Waals surface area contributed by atoms with Gasteiger partial charge in [-0.15, -0.1) is 0 Å². The Morgan fingerprint density at radius 2 is 2.08 bits per heavy atom. The van der Waals surface area contributed by atoms with Gasteiger partial charge in [0.1, 0.15) is 12.9 Å². The van der Waals surface area contributed by atoms with Crippen LogP contribution in [0.2, 0.25) is 0 Å². The summed E-state index contributed by atoms with van der Waals surface area (Å²) in [5.74, 6) is -0.505. The van der Waals surface area contributed by atoms with Crippen LogP contribution in [0.25, 0.3) is 5.65 Å². The summed E-state index contributed by atoms with van der Waals surface area (Å²) in [4.78, 5) is 16.3. The van der Waals surface area contributed by atoms with Crippen molar-refractivity contribution >= 4 is 17.2 Å². The first-order valence-electron chi connectivity index (χ1n) is 6.96. The van der Waals surface area contributed by atoms with E-state index in [1.165, 1.54) is 17.8 Å². The van der Waals surface area contributed by atoms with E-state index in [9.17, 15) is 18.0 Å². The van der Waals surface area contributed by atoms with Crippen molar-refractivity contribution in [2.75, 3.05) is 5.32 Å². The molecule has 3 aromatic rings. The molecule has 0 saturated heterocycles. The average molecular weight is 338 g/mol. The molecule has 0 saturated carbocycles. The van der Waals surface area contributed by atoms with E-state index in [4.69, 9.17) is 0 Å². The Morgan fingerprint density at radius 3 is 2.75 bits per heavy atom. The number of hydrogen-bond donors (Lipinski definition) is 1. The number of nitrogens with one attached hydrogen (secondary N) is 1. The predicted molar refractivity (Wildman–Crippen MR) is 78.3 cm³/mol. The molecule has 1 N–H and O–H groups in total. The number of amides is 1. The molecule has 10 heteroatoms. The molecular weight excluding hydrogens is 325 g/mol. The summed E-state index contributed by atoms with van der Waals surface area (Å²) in [5.41, 5.74) is 0.896. The van der Waals surface area contributed by atoms with Crippen LogP contribution < -0.4 is 5.32 Å². The fourth-order valence-corrected chi connectivity index (χ4v) is 2.26. The van der Waals surface area contributed by atoms with E-state index in [2.05, 4.69) is 20.5 Å². The third-order valence-corrected chi connectivity index (χ3v) is 3.49. The third-order valence-electron chi connectivity index (χ3n) is 3.49. The molecule has 0 aliphatic rings. The lowest BCUT2D eigenvalue weighted by Crippen LogP contribution is -2.21. The van der Waals surface area contributed by atoms with Gasteiger partial charge in [-0.25, -0.2) is 9.50 Å². The highest BCUT2D eigenvalue weighted by molar-refractivity contribution is 5.95. The number of alkyl halides is 3. The lowest BCUT2D eigenvalue weighted by molar-refractivity contribution is -0.141. The summed E-state index contributed by atoms with van der Waals surface area (Å²) in [6.45, 7) is 2.90. The maximum Gasteiger partial charge on any atom is 0.435 e. The van der Waals surface area contributed by atoms with E-state index in [0.29, 0.717) is 11.3 Å². The predicted octanol–water partition coefficient (Wildman–Crippen LogP) is 2.20. The van der Waals surface area contributed by atoms with Crippen molar-refractivity contribution in [2.45, 2.75) is 26.6 Å². The Kier molecular flexibility index (Phi) is 3.74. The summed E-state index contributed by atoms with van der Waals surface area (Å²) in [5, 5.41) is 10.1. The number of carbonyl (C=O) groups excluding carboxylic acids is 1. The lowest BCUT2D eigenvalue weighted by atomic mass is 10.2. The molecule has 1 amide bonds. The number of carbonyl (C=O) groups is 1. The first kappa shape index (κ1) is 16.0. The van der Waals surface area contributed by atoms with E-state index in [1.54, 1.807) is 19.2 Å². The second kappa shape index (κ2) is 5.62. The fourth-order valence-electron chi connectivity index (χ4n) is 2.26. The molecule has 3 heterocycles. The van der Waals surface area contributed by atoms with Gasteiger partial charge in [0.2, 0.25) is 5.91 Å². The molecule has 0 aliphatic carbocycles. The number of pyridine rings is 1. The molecule has 3 rings (SSSR count). The van der Waals surface area contributed by atoms with Crippen LogP contribution in [0.15, 0.2) is 24.7 Å². The van der Waals surface area contributed by atoms with Crippen molar-refractivity contribution in [3.05, 3.63) is 41.6 Å². The number of aryl methyl sites for hydroxylation is 2. The molecule has 7 nitrogen and oxygen atoms in total. The zero-order chi connectivity index (χ0) is 17.5. The third kappa shape index (κ3) is 2.94. The van der Waals surface area contributed by atoms with Crippen molar-refractivity contribution < 1.29 is 18.0 Å². The van der Waals surface area contributed by atoms with Crippen LogP contribution in [0.1, 0.15) is 17.0 Å². The number of aromatic nitrogens is 5. The minimum Gasteiger partial charge on any atom is -0.321 e. The van der Waals surface area contributed by atoms with Gasteiger partial charge in [0.05, 0.1) is 5.69 Å². The van der Waals surface area contributed by atoms with Gasteiger partial charge in [-0.3, -0.25) is 9.48 Å². The first-order chi connectivity index (χ1) is 11.3. The topological polar surface area (TPSA) is 77.1 Å². The van der Waals surface area contributed by atoms with Gasteiger partial charge in [-0.05, 0) is 31.5 Å². The van der Waals surface area contributed by atoms with Gasteiger partial charge in [-0.2, -0.15) is 23.4 Å². The number of halogens is 3. The van der Waals surface area contributed by atoms with Gasteiger partial charge in [-0.1, -0.05) is 0 Å². The molecule has 0 unspecified atom stereocenters. The van der Waals surface area contributed by atoms with Crippen molar-refractivity contribution in [3.63, 3.8) is 0 Å². The summed E-state index contributed by atoms with van der Waals surface area (Å²) >= 11 is 0. The normalized spacial score (nSPS) is 11.9. The molecule has 0 aliphatic heterocycles. The number of anilines is 1. The number of nitrogens with zero attached hydrogens (tertiary/aromatic N) is 5. The minimum atomic E-state index is -4.55. The van der Waals surface area contributed by atoms with Crippen LogP contribution >= 0.6 is 0 Å². The van der Waals surface area contributed by atoms with E-state index in [0.717, 1.165) is 16.3 Å². The quantitative estimate of drug-likeness (QED) is 0.794. The molecule has 0 bridgehead atoms. The highest BCUT2D eigenvalue weighted by Crippen LogP contribution is 2.28. The van der Waals surface area contributed by atoms with Gasteiger partial charge in [0, 0.05) is 11.9 Å². The van der Waals surface area contributed by atoms with Crippen LogP contribution in [0.5, 0.6) is 0 Å². The molecule has 126 valence electrons. The number of hydrogen-bond acceptors (Lipinski definition) is 4. The van der Waals surface area contributed by atoms with Gasteiger partial charge in [0.25, 0.3) is 0 Å². The van der Waals surface area contributed by atoms with Crippen LogP contribution in [0.3, 0.4) is 0 Å². The van der Waals surface area contributed by atoms with Crippen LogP contribution in [-0.4, -0.2) is 30.3 Å². The van der Waals surface area contributed by atoms with Gasteiger partial charge in [0.15, 0.2) is 11.3 Å². The maximum absolute atomic E-state index is 12.7. The van der Waals surface area contributed by atoms with Crippen molar-refractivity contribution in [2.24, 2.45) is 0 Å². The van der Waals surface area contributed by atoms with Crippen LogP contribution in [-0.2, 0) is 17.5 Å². The highest BCUT2D eigenvalue weighted by Gasteiger charge is 2.34. The number of fused-ring (bicyclic) bond motifs is 1. The Bertz CT molecular complexity index is 911. The smallest absolute Gasteiger partial charge is 0.321 e. The Hall–Kier alpha value is -2.91. The van der Waals surface area contributed by atoms with Crippen molar-refractivity contribution in [1.29, 1.82) is 0 Å². The van der Waals surface area contributed by atoms with E-state index in [1.807, 2.05) is 0 Å². The molecule has 0 atom stereocenters. The standard InChI is InChI=1S/C14H13F3N6O/c1-8-3-4-22-13(18-7-19-22)12(8)20-11(24)6-23-9(2)5-10(21-23)14(15,16)17/h3-5,7H,6H2,1-2H3,(H,20,24).